The third kappa shape index (κ3) is 4.00. The topological polar surface area (TPSA) is 66.8 Å². The number of carboxylic acids is 1. The number of amides is 1. The highest BCUT2D eigenvalue weighted by Crippen LogP contribution is 2.32. The number of hydrogen-bond donors (Lipinski definition) is 1. The lowest BCUT2D eigenvalue weighted by Crippen LogP contribution is -2.49. The number of ether oxygens (including phenoxy) is 1. The smallest absolute Gasteiger partial charge is 0.410 e. The van der Waals surface area contributed by atoms with Gasteiger partial charge in [-0.05, 0) is 30.7 Å². The molecule has 22 heavy (non-hydrogen) atoms. The summed E-state index contributed by atoms with van der Waals surface area (Å²) in [5.41, 5.74) is 1.13. The summed E-state index contributed by atoms with van der Waals surface area (Å²) in [4.78, 5) is 25.0. The lowest BCUT2D eigenvalue weighted by Gasteiger charge is -2.36. The van der Waals surface area contributed by atoms with Gasteiger partial charge in [-0.3, -0.25) is 4.90 Å². The van der Waals surface area contributed by atoms with Gasteiger partial charge in [0, 0.05) is 6.54 Å². The number of benzene rings is 1. The predicted octanol–water partition coefficient (Wildman–Crippen LogP) is 3.26. The van der Waals surface area contributed by atoms with Gasteiger partial charge in [0.05, 0.1) is 6.61 Å². The van der Waals surface area contributed by atoms with Crippen molar-refractivity contribution in [3.05, 3.63) is 35.9 Å². The van der Waals surface area contributed by atoms with Crippen molar-refractivity contribution >= 4 is 12.1 Å². The van der Waals surface area contributed by atoms with Crippen LogP contribution in [0.5, 0.6) is 0 Å². The molecule has 5 heteroatoms. The van der Waals surface area contributed by atoms with Crippen LogP contribution in [0.4, 0.5) is 4.79 Å². The summed E-state index contributed by atoms with van der Waals surface area (Å²) < 4.78 is 5.17. The molecule has 0 aliphatic carbocycles. The van der Waals surface area contributed by atoms with E-state index in [1.807, 2.05) is 37.3 Å². The Morgan fingerprint density at radius 2 is 2.05 bits per heavy atom. The molecule has 0 radical (unpaired) electrons. The largest absolute Gasteiger partial charge is 0.480 e. The second kappa shape index (κ2) is 7.82. The SMILES string of the molecule is CCCCOC(=O)N1CCC(c2ccccc2)CC1C(=O)O. The first-order valence-electron chi connectivity index (χ1n) is 7.84. The molecule has 0 bridgehead atoms. The Hall–Kier alpha value is -2.04. The monoisotopic (exact) mass is 305 g/mol. The van der Waals surface area contributed by atoms with E-state index in [-0.39, 0.29) is 5.92 Å². The second-order valence-electron chi connectivity index (χ2n) is 5.65. The zero-order chi connectivity index (χ0) is 15.9. The number of piperidine rings is 1. The first-order valence-corrected chi connectivity index (χ1v) is 7.84. The molecule has 0 aromatic heterocycles. The summed E-state index contributed by atoms with van der Waals surface area (Å²) >= 11 is 0. The minimum Gasteiger partial charge on any atom is -0.480 e. The molecule has 5 nitrogen and oxygen atoms in total. The fourth-order valence-corrected chi connectivity index (χ4v) is 2.83. The van der Waals surface area contributed by atoms with Crippen molar-refractivity contribution in [2.75, 3.05) is 13.2 Å². The van der Waals surface area contributed by atoms with Crippen LogP contribution >= 0.6 is 0 Å². The Morgan fingerprint density at radius 1 is 1.32 bits per heavy atom. The van der Waals surface area contributed by atoms with Crippen LogP contribution in [0.15, 0.2) is 30.3 Å². The zero-order valence-electron chi connectivity index (χ0n) is 12.9. The highest BCUT2D eigenvalue weighted by Gasteiger charge is 2.37. The second-order valence-corrected chi connectivity index (χ2v) is 5.65. The first kappa shape index (κ1) is 16.3. The molecule has 1 N–H and O–H groups in total. The minimum atomic E-state index is -0.965. The first-order chi connectivity index (χ1) is 10.6. The number of aliphatic carboxylic acids is 1. The van der Waals surface area contributed by atoms with Gasteiger partial charge in [-0.2, -0.15) is 0 Å². The summed E-state index contributed by atoms with van der Waals surface area (Å²) in [5, 5.41) is 9.44. The number of carbonyl (C=O) groups is 2. The van der Waals surface area contributed by atoms with Crippen LogP contribution in [0.2, 0.25) is 0 Å². The van der Waals surface area contributed by atoms with Crippen molar-refractivity contribution in [3.63, 3.8) is 0 Å². The summed E-state index contributed by atoms with van der Waals surface area (Å²) in [6.07, 6.45) is 2.42. The maximum absolute atomic E-state index is 12.1. The van der Waals surface area contributed by atoms with E-state index in [1.54, 1.807) is 0 Å². The third-order valence-electron chi connectivity index (χ3n) is 4.12. The summed E-state index contributed by atoms with van der Waals surface area (Å²) in [6, 6.07) is 9.07. The molecule has 2 rings (SSSR count). The number of nitrogens with zero attached hydrogens (tertiary/aromatic N) is 1. The number of unbranched alkanes of at least 4 members (excludes halogenated alkanes) is 1. The van der Waals surface area contributed by atoms with E-state index < -0.39 is 18.1 Å². The van der Waals surface area contributed by atoms with Gasteiger partial charge in [0.25, 0.3) is 0 Å². The van der Waals surface area contributed by atoms with Gasteiger partial charge >= 0.3 is 12.1 Å². The van der Waals surface area contributed by atoms with Gasteiger partial charge in [-0.25, -0.2) is 9.59 Å². The molecule has 1 aromatic carbocycles. The molecule has 2 unspecified atom stereocenters. The summed E-state index contributed by atoms with van der Waals surface area (Å²) in [5.74, 6) is -0.796. The van der Waals surface area contributed by atoms with E-state index in [2.05, 4.69) is 0 Å². The Balaban J connectivity index is 2.02. The van der Waals surface area contributed by atoms with Crippen molar-refractivity contribution in [2.45, 2.75) is 44.6 Å². The lowest BCUT2D eigenvalue weighted by atomic mass is 9.85. The van der Waals surface area contributed by atoms with Crippen molar-refractivity contribution in [1.82, 2.24) is 4.90 Å². The molecular formula is C17H23NO4. The molecule has 1 heterocycles. The zero-order valence-corrected chi connectivity index (χ0v) is 12.9. The maximum Gasteiger partial charge on any atom is 0.410 e. The van der Waals surface area contributed by atoms with Crippen LogP contribution < -0.4 is 0 Å². The van der Waals surface area contributed by atoms with Crippen LogP contribution in [-0.4, -0.2) is 41.3 Å². The van der Waals surface area contributed by atoms with Crippen molar-refractivity contribution in [2.24, 2.45) is 0 Å². The number of carboxylic acid groups (broad SMARTS) is 1. The Kier molecular flexibility index (Phi) is 5.81. The minimum absolute atomic E-state index is 0.169. The van der Waals surface area contributed by atoms with Gasteiger partial charge in [-0.1, -0.05) is 43.7 Å². The number of rotatable bonds is 5. The summed E-state index contributed by atoms with van der Waals surface area (Å²) in [6.45, 7) is 2.78. The third-order valence-corrected chi connectivity index (χ3v) is 4.12. The standard InChI is InChI=1S/C17H23NO4/c1-2-3-11-22-17(21)18-10-9-14(12-15(18)16(19)20)13-7-5-4-6-8-13/h4-8,14-15H,2-3,9-12H2,1H3,(H,19,20). The molecule has 120 valence electrons. The molecular weight excluding hydrogens is 282 g/mol. The molecule has 1 aliphatic rings. The van der Waals surface area contributed by atoms with E-state index in [4.69, 9.17) is 4.74 Å². The Bertz CT molecular complexity index is 503. The Labute approximate surface area is 130 Å². The maximum atomic E-state index is 12.1. The highest BCUT2D eigenvalue weighted by atomic mass is 16.6. The molecule has 0 spiro atoms. The molecule has 1 amide bonds. The van der Waals surface area contributed by atoms with Crippen LogP contribution in [-0.2, 0) is 9.53 Å². The predicted molar refractivity (Wildman–Crippen MR) is 82.8 cm³/mol. The van der Waals surface area contributed by atoms with Gasteiger partial charge in [0.1, 0.15) is 6.04 Å². The van der Waals surface area contributed by atoms with Gasteiger partial charge in [0.2, 0.25) is 0 Å². The molecule has 1 aromatic rings. The average molecular weight is 305 g/mol. The van der Waals surface area contributed by atoms with Crippen molar-refractivity contribution in [3.8, 4) is 0 Å². The quantitative estimate of drug-likeness (QED) is 0.848. The van der Waals surface area contributed by atoms with Gasteiger partial charge < -0.3 is 9.84 Å². The van der Waals surface area contributed by atoms with E-state index in [9.17, 15) is 14.7 Å². The Morgan fingerprint density at radius 3 is 2.68 bits per heavy atom. The van der Waals surface area contributed by atoms with Crippen LogP contribution in [0, 0.1) is 0 Å². The normalized spacial score (nSPS) is 21.4. The number of likely N-dealkylation sites (tertiary alicyclic amines) is 1. The molecule has 1 aliphatic heterocycles. The van der Waals surface area contributed by atoms with E-state index in [0.29, 0.717) is 19.6 Å². The fraction of sp³-hybridized carbons (Fsp3) is 0.529. The number of carbonyl (C=O) groups excluding carboxylic acids is 1. The van der Waals surface area contributed by atoms with Crippen molar-refractivity contribution in [1.29, 1.82) is 0 Å². The fourth-order valence-electron chi connectivity index (χ4n) is 2.83. The molecule has 2 atom stereocenters. The summed E-state index contributed by atoms with van der Waals surface area (Å²) in [7, 11) is 0. The average Bonchev–Trinajstić information content (AvgIpc) is 2.55. The van der Waals surface area contributed by atoms with Gasteiger partial charge in [-0.15, -0.1) is 0 Å². The molecule has 1 fully saturated rings. The van der Waals surface area contributed by atoms with E-state index >= 15 is 0 Å². The van der Waals surface area contributed by atoms with Crippen molar-refractivity contribution < 1.29 is 19.4 Å². The van der Waals surface area contributed by atoms with Crippen LogP contribution in [0.3, 0.4) is 0 Å². The lowest BCUT2D eigenvalue weighted by molar-refractivity contribution is -0.144. The number of hydrogen-bond acceptors (Lipinski definition) is 3. The molecule has 1 saturated heterocycles. The van der Waals surface area contributed by atoms with Crippen LogP contribution in [0.25, 0.3) is 0 Å². The highest BCUT2D eigenvalue weighted by molar-refractivity contribution is 5.80. The van der Waals surface area contributed by atoms with E-state index in [0.717, 1.165) is 24.8 Å². The van der Waals surface area contributed by atoms with Gasteiger partial charge in [0.15, 0.2) is 0 Å². The van der Waals surface area contributed by atoms with E-state index in [1.165, 1.54) is 4.90 Å². The van der Waals surface area contributed by atoms with Crippen LogP contribution in [0.1, 0.15) is 44.1 Å². The molecule has 0 saturated carbocycles.